The molecule has 1 aliphatic rings. The molecule has 1 aromatic rings. The van der Waals surface area contributed by atoms with Gasteiger partial charge in [0.15, 0.2) is 0 Å². The third kappa shape index (κ3) is 7.18. The van der Waals surface area contributed by atoms with Crippen LogP contribution in [0.15, 0.2) is 42.4 Å². The number of rotatable bonds is 5. The fourth-order valence-corrected chi connectivity index (χ4v) is 2.61. The molecule has 0 aliphatic carbocycles. The van der Waals surface area contributed by atoms with E-state index in [1.165, 1.54) is 0 Å². The van der Waals surface area contributed by atoms with Crippen molar-refractivity contribution in [1.29, 1.82) is 0 Å². The van der Waals surface area contributed by atoms with Gasteiger partial charge in [0, 0.05) is 20.3 Å². The van der Waals surface area contributed by atoms with Gasteiger partial charge in [-0.15, -0.1) is 0 Å². The van der Waals surface area contributed by atoms with E-state index in [0.29, 0.717) is 18.8 Å². The van der Waals surface area contributed by atoms with Crippen LogP contribution in [0.25, 0.3) is 0 Å². The molecule has 5 nitrogen and oxygen atoms in total. The zero-order chi connectivity index (χ0) is 18.5. The largest absolute Gasteiger partial charge is 0.493 e. The van der Waals surface area contributed by atoms with Crippen molar-refractivity contribution >= 4 is 5.97 Å². The molecule has 0 N–H and O–H groups in total. The highest BCUT2D eigenvalue weighted by Crippen LogP contribution is 2.31. The van der Waals surface area contributed by atoms with Crippen molar-refractivity contribution in [3.8, 4) is 0 Å². The first-order valence-electron chi connectivity index (χ1n) is 8.56. The minimum atomic E-state index is -0.813. The molecule has 0 radical (unpaired) electrons. The molecule has 1 unspecified atom stereocenters. The lowest BCUT2D eigenvalue weighted by Gasteiger charge is -2.37. The van der Waals surface area contributed by atoms with Crippen LogP contribution >= 0.6 is 0 Å². The minimum absolute atomic E-state index is 0.181. The smallest absolute Gasteiger partial charge is 0.308 e. The van der Waals surface area contributed by atoms with E-state index in [4.69, 9.17) is 18.9 Å². The second kappa shape index (κ2) is 7.91. The van der Waals surface area contributed by atoms with E-state index in [9.17, 15) is 4.79 Å². The Morgan fingerprint density at radius 2 is 1.96 bits per heavy atom. The molecule has 25 heavy (non-hydrogen) atoms. The number of carbonyl (C=O) groups is 1. The molecule has 1 aromatic carbocycles. The molecule has 138 valence electrons. The molecule has 5 heteroatoms. The fourth-order valence-electron chi connectivity index (χ4n) is 2.61. The monoisotopic (exact) mass is 348 g/mol. The lowest BCUT2D eigenvalue weighted by atomic mass is 10.1. The average Bonchev–Trinajstić information content (AvgIpc) is 2.44. The van der Waals surface area contributed by atoms with Crippen molar-refractivity contribution in [3.63, 3.8) is 0 Å². The second-order valence-electron chi connectivity index (χ2n) is 7.62. The molecule has 2 rings (SSSR count). The van der Waals surface area contributed by atoms with E-state index in [1.54, 1.807) is 6.26 Å². The van der Waals surface area contributed by atoms with Crippen LogP contribution in [0.2, 0.25) is 0 Å². The van der Waals surface area contributed by atoms with Gasteiger partial charge in [0.25, 0.3) is 0 Å². The Hall–Kier alpha value is -2.01. The lowest BCUT2D eigenvalue weighted by molar-refractivity contribution is -0.250. The Labute approximate surface area is 149 Å². The number of benzene rings is 1. The van der Waals surface area contributed by atoms with Crippen LogP contribution in [0.4, 0.5) is 0 Å². The number of hydrogen-bond acceptors (Lipinski definition) is 5. The third-order valence-corrected chi connectivity index (χ3v) is 3.38. The molecule has 0 spiro atoms. The Morgan fingerprint density at radius 1 is 1.28 bits per heavy atom. The first-order chi connectivity index (χ1) is 11.6. The van der Waals surface area contributed by atoms with Gasteiger partial charge in [0.1, 0.15) is 24.2 Å². The molecular weight excluding hydrogens is 320 g/mol. The van der Waals surface area contributed by atoms with E-state index < -0.39 is 11.4 Å². The van der Waals surface area contributed by atoms with E-state index in [1.807, 2.05) is 65.0 Å². The van der Waals surface area contributed by atoms with Crippen LogP contribution in [0.1, 0.15) is 53.0 Å². The maximum atomic E-state index is 12.0. The van der Waals surface area contributed by atoms with Crippen LogP contribution in [-0.4, -0.2) is 23.5 Å². The van der Waals surface area contributed by atoms with Gasteiger partial charge >= 0.3 is 5.97 Å². The van der Waals surface area contributed by atoms with Crippen molar-refractivity contribution in [2.24, 2.45) is 0 Å². The molecule has 1 atom stereocenters. The quantitative estimate of drug-likeness (QED) is 0.586. The fraction of sp³-hybridized carbons (Fsp3) is 0.550. The van der Waals surface area contributed by atoms with Crippen molar-refractivity contribution in [3.05, 3.63) is 47.9 Å². The summed E-state index contributed by atoms with van der Waals surface area (Å²) in [6.45, 7) is 9.65. The van der Waals surface area contributed by atoms with Crippen molar-refractivity contribution in [1.82, 2.24) is 0 Å². The maximum Gasteiger partial charge on any atom is 0.308 e. The highest BCUT2D eigenvalue weighted by atomic mass is 16.7. The summed E-state index contributed by atoms with van der Waals surface area (Å²) in [5.74, 6) is -0.423. The van der Waals surface area contributed by atoms with Crippen molar-refractivity contribution < 1.29 is 23.7 Å². The van der Waals surface area contributed by atoms with Crippen molar-refractivity contribution in [2.45, 2.75) is 71.6 Å². The van der Waals surface area contributed by atoms with E-state index >= 15 is 0 Å². The van der Waals surface area contributed by atoms with Crippen LogP contribution in [-0.2, 0) is 30.3 Å². The van der Waals surface area contributed by atoms with Crippen LogP contribution in [0.5, 0.6) is 0 Å². The van der Waals surface area contributed by atoms with Gasteiger partial charge in [-0.1, -0.05) is 30.3 Å². The topological polar surface area (TPSA) is 54.0 Å². The molecular formula is C20H28O5. The SMILES string of the molecule is CC(C)(C)OC(=O)CC1C/C(=C\OCc2ccccc2)OC(C)(C)O1. The first-order valence-corrected chi connectivity index (χ1v) is 8.56. The number of carbonyl (C=O) groups excluding carboxylic acids is 1. The van der Waals surface area contributed by atoms with Gasteiger partial charge in [0.2, 0.25) is 5.79 Å². The van der Waals surface area contributed by atoms with Gasteiger partial charge in [-0.2, -0.15) is 0 Å². The highest BCUT2D eigenvalue weighted by Gasteiger charge is 2.35. The molecule has 1 fully saturated rings. The third-order valence-electron chi connectivity index (χ3n) is 3.38. The van der Waals surface area contributed by atoms with Crippen molar-refractivity contribution in [2.75, 3.05) is 0 Å². The normalized spacial score (nSPS) is 21.5. The van der Waals surface area contributed by atoms with Crippen LogP contribution < -0.4 is 0 Å². The number of ether oxygens (including phenoxy) is 4. The summed E-state index contributed by atoms with van der Waals surface area (Å²) >= 11 is 0. The summed E-state index contributed by atoms with van der Waals surface area (Å²) in [5.41, 5.74) is 0.575. The van der Waals surface area contributed by atoms with Gasteiger partial charge in [-0.05, 0) is 26.3 Å². The summed E-state index contributed by atoms with van der Waals surface area (Å²) < 4.78 is 22.6. The predicted molar refractivity (Wildman–Crippen MR) is 94.4 cm³/mol. The molecule has 0 saturated carbocycles. The zero-order valence-electron chi connectivity index (χ0n) is 15.7. The predicted octanol–water partition coefficient (Wildman–Crippen LogP) is 4.32. The molecule has 0 aromatic heterocycles. The number of hydrogen-bond donors (Lipinski definition) is 0. The van der Waals surface area contributed by atoms with Crippen LogP contribution in [0, 0.1) is 0 Å². The Balaban J connectivity index is 1.93. The van der Waals surface area contributed by atoms with E-state index in [2.05, 4.69) is 0 Å². The molecule has 1 aliphatic heterocycles. The Morgan fingerprint density at radius 3 is 2.60 bits per heavy atom. The molecule has 0 bridgehead atoms. The van der Waals surface area contributed by atoms with Gasteiger partial charge < -0.3 is 18.9 Å². The van der Waals surface area contributed by atoms with E-state index in [-0.39, 0.29) is 18.5 Å². The lowest BCUT2D eigenvalue weighted by Crippen LogP contribution is -2.40. The Bertz CT molecular complexity index is 598. The summed E-state index contributed by atoms with van der Waals surface area (Å²) in [7, 11) is 0. The summed E-state index contributed by atoms with van der Waals surface area (Å²) in [5, 5.41) is 0. The average molecular weight is 348 g/mol. The maximum absolute atomic E-state index is 12.0. The van der Waals surface area contributed by atoms with E-state index in [0.717, 1.165) is 5.56 Å². The van der Waals surface area contributed by atoms with Gasteiger partial charge in [-0.3, -0.25) is 4.79 Å². The second-order valence-corrected chi connectivity index (χ2v) is 7.62. The molecule has 0 amide bonds. The summed E-state index contributed by atoms with van der Waals surface area (Å²) in [6.07, 6.45) is 1.96. The van der Waals surface area contributed by atoms with Gasteiger partial charge in [-0.25, -0.2) is 0 Å². The standard InChI is InChI=1S/C20H28O5/c1-19(2,3)25-18(21)12-16-11-17(24-20(4,5)23-16)14-22-13-15-9-7-6-8-10-15/h6-10,14,16H,11-13H2,1-5H3/b17-14+. The molecule has 1 saturated heterocycles. The Kier molecular flexibility index (Phi) is 6.11. The first kappa shape index (κ1) is 19.3. The van der Waals surface area contributed by atoms with Crippen LogP contribution in [0.3, 0.4) is 0 Å². The zero-order valence-corrected chi connectivity index (χ0v) is 15.7. The van der Waals surface area contributed by atoms with Gasteiger partial charge in [0.05, 0.1) is 12.5 Å². The summed E-state index contributed by atoms with van der Waals surface area (Å²) in [6, 6.07) is 9.90. The summed E-state index contributed by atoms with van der Waals surface area (Å²) in [4.78, 5) is 12.0. The highest BCUT2D eigenvalue weighted by molar-refractivity contribution is 5.70. The minimum Gasteiger partial charge on any atom is -0.493 e. The number of esters is 1. The molecule has 1 heterocycles.